The molecule has 5 heterocycles. The number of carbonyl (C=O) groups is 3. The highest BCUT2D eigenvalue weighted by Crippen LogP contribution is 2.42. The van der Waals surface area contributed by atoms with E-state index in [1.54, 1.807) is 14.0 Å². The van der Waals surface area contributed by atoms with Crippen LogP contribution in [0.15, 0.2) is 41.9 Å². The summed E-state index contributed by atoms with van der Waals surface area (Å²) < 4.78 is 14.3. The van der Waals surface area contributed by atoms with Gasteiger partial charge in [0.15, 0.2) is 0 Å². The van der Waals surface area contributed by atoms with Gasteiger partial charge >= 0.3 is 5.97 Å². The minimum Gasteiger partial charge on any atom is -0.464 e. The number of cyclic esters (lactones) is 1. The Morgan fingerprint density at radius 3 is 2.74 bits per heavy atom. The van der Waals surface area contributed by atoms with Crippen LogP contribution in [0, 0.1) is 17.3 Å². The maximum atomic E-state index is 14.2. The number of rotatable bonds is 6. The number of fused-ring (bicyclic) bond motifs is 6. The number of hydrazine groups is 1. The summed E-state index contributed by atoms with van der Waals surface area (Å²) in [5.74, 6) is -0.614. The molecule has 2 fully saturated rings. The van der Waals surface area contributed by atoms with Gasteiger partial charge in [-0.3, -0.25) is 19.6 Å². The Bertz CT molecular complexity index is 2040. The lowest BCUT2D eigenvalue weighted by atomic mass is 9.74. The van der Waals surface area contributed by atoms with Gasteiger partial charge in [-0.1, -0.05) is 26.8 Å². The highest BCUT2D eigenvalue weighted by atomic mass is 32.1. The van der Waals surface area contributed by atoms with Crippen molar-refractivity contribution in [2.75, 3.05) is 20.3 Å². The van der Waals surface area contributed by atoms with Gasteiger partial charge < -0.3 is 19.4 Å². The minimum atomic E-state index is -1.11. The van der Waals surface area contributed by atoms with Crippen LogP contribution in [0.1, 0.15) is 89.6 Å². The second-order valence-electron chi connectivity index (χ2n) is 16.1. The first kappa shape index (κ1) is 37.2. The molecule has 1 aliphatic carbocycles. The van der Waals surface area contributed by atoms with Gasteiger partial charge in [-0.05, 0) is 88.6 Å². The topological polar surface area (TPSA) is 128 Å². The molecule has 4 aromatic rings. The summed E-state index contributed by atoms with van der Waals surface area (Å²) in [4.78, 5) is 51.4. The van der Waals surface area contributed by atoms with Crippen LogP contribution in [0.4, 0.5) is 0 Å². The van der Waals surface area contributed by atoms with Crippen molar-refractivity contribution in [2.24, 2.45) is 17.3 Å². The number of methoxy groups -OCH3 is 1. The highest BCUT2D eigenvalue weighted by Gasteiger charge is 2.43. The first-order valence-corrected chi connectivity index (χ1v) is 19.8. The van der Waals surface area contributed by atoms with E-state index in [0.717, 1.165) is 69.1 Å². The summed E-state index contributed by atoms with van der Waals surface area (Å²) in [6.07, 6.45) is 5.40. The van der Waals surface area contributed by atoms with Gasteiger partial charge in [-0.25, -0.2) is 15.2 Å². The lowest BCUT2D eigenvalue weighted by molar-refractivity contribution is -0.162. The fourth-order valence-electron chi connectivity index (χ4n) is 8.15. The van der Waals surface area contributed by atoms with Crippen molar-refractivity contribution in [1.82, 2.24) is 30.3 Å². The number of pyridine rings is 1. The average Bonchev–Trinajstić information content (AvgIpc) is 3.73. The Balaban J connectivity index is 1.36. The Hall–Kier alpha value is -4.13. The molecule has 6 bridgehead atoms. The third-order valence-corrected chi connectivity index (χ3v) is 12.4. The molecule has 282 valence electrons. The van der Waals surface area contributed by atoms with Gasteiger partial charge in [0.25, 0.3) is 5.91 Å². The van der Waals surface area contributed by atoms with Crippen LogP contribution in [0.2, 0.25) is 0 Å². The molecule has 5 atom stereocenters. The number of aryl methyl sites for hydroxylation is 1. The first-order valence-electron chi connectivity index (χ1n) is 19.0. The molecule has 0 spiro atoms. The molecule has 2 amide bonds. The van der Waals surface area contributed by atoms with Crippen molar-refractivity contribution in [2.45, 2.75) is 104 Å². The second kappa shape index (κ2) is 14.6. The molecule has 3 aliphatic rings. The predicted octanol–water partition coefficient (Wildman–Crippen LogP) is 6.64. The summed E-state index contributed by atoms with van der Waals surface area (Å²) in [5, 5.41) is 8.48. The van der Waals surface area contributed by atoms with Crippen molar-refractivity contribution < 1.29 is 23.9 Å². The van der Waals surface area contributed by atoms with Gasteiger partial charge in [-0.2, -0.15) is 0 Å². The van der Waals surface area contributed by atoms with Crippen LogP contribution in [-0.4, -0.2) is 69.2 Å². The number of nitrogens with one attached hydrogen (secondary N) is 2. The monoisotopic (exact) mass is 740 g/mol. The molecule has 0 unspecified atom stereocenters. The first-order chi connectivity index (χ1) is 25.3. The molecule has 7 rings (SSSR count). The zero-order valence-electron chi connectivity index (χ0n) is 32.0. The largest absolute Gasteiger partial charge is 0.464 e. The van der Waals surface area contributed by atoms with E-state index in [1.807, 2.05) is 24.6 Å². The number of benzene rings is 1. The lowest BCUT2D eigenvalue weighted by Crippen LogP contribution is -2.66. The predicted molar refractivity (Wildman–Crippen MR) is 206 cm³/mol. The van der Waals surface area contributed by atoms with E-state index < -0.39 is 23.0 Å². The summed E-state index contributed by atoms with van der Waals surface area (Å²) in [6, 6.07) is 9.73. The van der Waals surface area contributed by atoms with Gasteiger partial charge in [0, 0.05) is 71.6 Å². The van der Waals surface area contributed by atoms with Crippen LogP contribution in [0.5, 0.6) is 0 Å². The molecule has 1 aromatic carbocycles. The van der Waals surface area contributed by atoms with E-state index >= 15 is 0 Å². The minimum absolute atomic E-state index is 0.103. The molecule has 3 aromatic heterocycles. The van der Waals surface area contributed by atoms with E-state index in [0.29, 0.717) is 25.8 Å². The van der Waals surface area contributed by atoms with Crippen LogP contribution >= 0.6 is 11.3 Å². The molecule has 2 aliphatic heterocycles. The van der Waals surface area contributed by atoms with E-state index in [9.17, 15) is 14.4 Å². The zero-order chi connectivity index (χ0) is 37.7. The average molecular weight is 741 g/mol. The smallest absolute Gasteiger partial charge is 0.327 e. The fraction of sp³-hybridized carbons (Fsp3) is 0.537. The van der Waals surface area contributed by atoms with E-state index in [1.165, 1.54) is 16.3 Å². The quantitative estimate of drug-likeness (QED) is 0.211. The molecule has 0 radical (unpaired) electrons. The Labute approximate surface area is 315 Å². The van der Waals surface area contributed by atoms with Crippen LogP contribution in [0.25, 0.3) is 33.4 Å². The van der Waals surface area contributed by atoms with E-state index in [4.69, 9.17) is 19.4 Å². The standard InChI is InChI=1S/C41H52N6O5S/c1-8-46-33-15-13-26-19-29(33)30(36(46)28-11-9-17-42-35(28)25(3)51-7)21-40(4,5)23-52-39(50)41(6)16-10-18-47(45-41)38(49)31(20-34-43-32(26)22-53-34)44-37(48)27-14-12-24(27)2/h9,11,13,15,17,19,22,24-25,27,31,45H,8,10,12,14,16,18,20-21,23H2,1-7H3,(H,44,48)/t24-,25+,27-,31+,41-/m1/s1. The third kappa shape index (κ3) is 7.13. The molecular formula is C41H52N6O5S. The van der Waals surface area contributed by atoms with Crippen molar-refractivity contribution in [3.8, 4) is 22.5 Å². The van der Waals surface area contributed by atoms with Crippen molar-refractivity contribution >= 4 is 40.0 Å². The summed E-state index contributed by atoms with van der Waals surface area (Å²) in [6.45, 7) is 13.6. The third-order valence-electron chi connectivity index (χ3n) is 11.5. The van der Waals surface area contributed by atoms with E-state index in [2.05, 4.69) is 67.3 Å². The normalized spacial score (nSPS) is 25.3. The van der Waals surface area contributed by atoms with Crippen LogP contribution < -0.4 is 10.7 Å². The van der Waals surface area contributed by atoms with Gasteiger partial charge in [0.05, 0.1) is 34.8 Å². The summed E-state index contributed by atoms with van der Waals surface area (Å²) in [5.41, 5.74) is 8.63. The van der Waals surface area contributed by atoms with Crippen LogP contribution in [-0.2, 0) is 43.2 Å². The fourth-order valence-corrected chi connectivity index (χ4v) is 9.00. The second-order valence-corrected chi connectivity index (χ2v) is 17.1. The highest BCUT2D eigenvalue weighted by molar-refractivity contribution is 7.10. The molecular weight excluding hydrogens is 689 g/mol. The molecule has 1 saturated heterocycles. The van der Waals surface area contributed by atoms with Gasteiger partial charge in [0.1, 0.15) is 11.6 Å². The molecule has 1 saturated carbocycles. The van der Waals surface area contributed by atoms with Crippen LogP contribution in [0.3, 0.4) is 0 Å². The Morgan fingerprint density at radius 1 is 1.21 bits per heavy atom. The number of amides is 2. The molecule has 2 N–H and O–H groups in total. The lowest BCUT2D eigenvalue weighted by Gasteiger charge is -2.41. The molecule has 12 heteroatoms. The maximum Gasteiger partial charge on any atom is 0.327 e. The number of nitrogens with zero attached hydrogens (tertiary/aromatic N) is 4. The van der Waals surface area contributed by atoms with Crippen molar-refractivity contribution in [3.63, 3.8) is 0 Å². The number of aromatic nitrogens is 3. The Morgan fingerprint density at radius 2 is 2.02 bits per heavy atom. The molecule has 11 nitrogen and oxygen atoms in total. The SMILES string of the molecule is CCn1c(-c2cccnc2[C@H](C)OC)c2c3cc(ccc31)-c1csc(n1)C[C@H](NC(=O)[C@@H]1CC[C@H]1C)C(=O)N1CCC[C@@](C)(N1)C(=O)OCC(C)(C)C2. The van der Waals surface area contributed by atoms with Gasteiger partial charge in [-0.15, -0.1) is 11.3 Å². The number of hydrogen-bond acceptors (Lipinski definition) is 9. The summed E-state index contributed by atoms with van der Waals surface area (Å²) >= 11 is 1.49. The Kier molecular flexibility index (Phi) is 10.2. The number of ether oxygens (including phenoxy) is 2. The number of esters is 1. The molecule has 53 heavy (non-hydrogen) atoms. The van der Waals surface area contributed by atoms with Crippen molar-refractivity contribution in [1.29, 1.82) is 0 Å². The number of hydrogen-bond donors (Lipinski definition) is 2. The van der Waals surface area contributed by atoms with Gasteiger partial charge in [0.2, 0.25) is 5.91 Å². The van der Waals surface area contributed by atoms with E-state index in [-0.39, 0.29) is 42.8 Å². The zero-order valence-corrected chi connectivity index (χ0v) is 32.8. The maximum absolute atomic E-state index is 14.2. The van der Waals surface area contributed by atoms with Crippen molar-refractivity contribution in [3.05, 3.63) is 58.2 Å². The number of thiazole rings is 1. The summed E-state index contributed by atoms with van der Waals surface area (Å²) in [7, 11) is 1.70. The number of carbonyl (C=O) groups excluding carboxylic acids is 3.